The molecule has 0 bridgehead atoms. The number of carbonyl (C=O) groups is 1. The normalized spacial score (nSPS) is 18.2. The van der Waals surface area contributed by atoms with Gasteiger partial charge in [-0.15, -0.1) is 0 Å². The molecule has 0 saturated carbocycles. The molecule has 1 saturated heterocycles. The summed E-state index contributed by atoms with van der Waals surface area (Å²) in [5, 5.41) is 2.97. The Labute approximate surface area is 113 Å². The number of piperidine rings is 1. The molecule has 0 aromatic carbocycles. The van der Waals surface area contributed by atoms with Gasteiger partial charge in [-0.3, -0.25) is 4.79 Å². The predicted octanol–water partition coefficient (Wildman–Crippen LogP) is 1.90. The zero-order valence-corrected chi connectivity index (χ0v) is 12.1. The van der Waals surface area contributed by atoms with E-state index in [1.807, 2.05) is 13.8 Å². The standard InChI is InChI=1S/C14H28N2O2.H2/c1-12(2)15-14(17)11-13-5-8-16(9-6-13)7-4-10-18-3;/h12-13H,4-11H2,1-3H3,(H,15,17);1H. The van der Waals surface area contributed by atoms with Crippen LogP contribution in [0, 0.1) is 5.92 Å². The average molecular weight is 258 g/mol. The van der Waals surface area contributed by atoms with E-state index in [0.29, 0.717) is 12.3 Å². The van der Waals surface area contributed by atoms with Crippen molar-refractivity contribution in [3.8, 4) is 0 Å². The van der Waals surface area contributed by atoms with Crippen LogP contribution in [0.3, 0.4) is 0 Å². The molecule has 0 unspecified atom stereocenters. The van der Waals surface area contributed by atoms with Crippen molar-refractivity contribution in [3.63, 3.8) is 0 Å². The Morgan fingerprint density at radius 1 is 1.44 bits per heavy atom. The van der Waals surface area contributed by atoms with Crippen LogP contribution in [0.2, 0.25) is 0 Å². The third-order valence-electron chi connectivity index (χ3n) is 3.45. The van der Waals surface area contributed by atoms with Gasteiger partial charge in [-0.05, 0) is 52.1 Å². The van der Waals surface area contributed by atoms with Crippen molar-refractivity contribution in [2.45, 2.75) is 45.6 Å². The van der Waals surface area contributed by atoms with E-state index in [9.17, 15) is 4.79 Å². The van der Waals surface area contributed by atoms with E-state index >= 15 is 0 Å². The molecule has 1 aliphatic heterocycles. The van der Waals surface area contributed by atoms with Crippen LogP contribution in [0.5, 0.6) is 0 Å². The molecular formula is C14H30N2O2. The summed E-state index contributed by atoms with van der Waals surface area (Å²) in [5.74, 6) is 0.783. The molecule has 1 aliphatic rings. The summed E-state index contributed by atoms with van der Waals surface area (Å²) in [7, 11) is 1.75. The van der Waals surface area contributed by atoms with Gasteiger partial charge in [-0.25, -0.2) is 0 Å². The van der Waals surface area contributed by atoms with E-state index < -0.39 is 0 Å². The number of nitrogens with one attached hydrogen (secondary N) is 1. The summed E-state index contributed by atoms with van der Waals surface area (Å²) in [4.78, 5) is 14.2. The molecular weight excluding hydrogens is 228 g/mol. The summed E-state index contributed by atoms with van der Waals surface area (Å²) in [6.07, 6.45) is 4.11. The number of likely N-dealkylation sites (tertiary alicyclic amines) is 1. The maximum atomic E-state index is 11.7. The van der Waals surface area contributed by atoms with Gasteiger partial charge in [0.25, 0.3) is 0 Å². The molecule has 1 fully saturated rings. The SMILES string of the molecule is COCCCN1CCC(CC(=O)NC(C)C)CC1.[HH]. The van der Waals surface area contributed by atoms with E-state index in [-0.39, 0.29) is 13.4 Å². The second kappa shape index (κ2) is 8.48. The molecule has 0 aromatic rings. The van der Waals surface area contributed by atoms with E-state index in [0.717, 1.165) is 45.5 Å². The van der Waals surface area contributed by atoms with E-state index in [2.05, 4.69) is 10.2 Å². The number of hydrogen-bond acceptors (Lipinski definition) is 3. The molecule has 4 heteroatoms. The maximum Gasteiger partial charge on any atom is 0.220 e. The van der Waals surface area contributed by atoms with Gasteiger partial charge in [0, 0.05) is 34.2 Å². The highest BCUT2D eigenvalue weighted by Crippen LogP contribution is 2.20. The number of hydrogen-bond donors (Lipinski definition) is 1. The van der Waals surface area contributed by atoms with E-state index in [1.54, 1.807) is 7.11 Å². The molecule has 1 heterocycles. The largest absolute Gasteiger partial charge is 0.385 e. The van der Waals surface area contributed by atoms with Gasteiger partial charge in [0.1, 0.15) is 0 Å². The summed E-state index contributed by atoms with van der Waals surface area (Å²) < 4.78 is 5.06. The minimum absolute atomic E-state index is 0. The highest BCUT2D eigenvalue weighted by Gasteiger charge is 2.21. The van der Waals surface area contributed by atoms with Gasteiger partial charge < -0.3 is 15.0 Å². The van der Waals surface area contributed by atoms with Gasteiger partial charge in [-0.2, -0.15) is 0 Å². The lowest BCUT2D eigenvalue weighted by Gasteiger charge is -2.31. The molecule has 108 valence electrons. The Morgan fingerprint density at radius 2 is 2.11 bits per heavy atom. The fourth-order valence-electron chi connectivity index (χ4n) is 2.49. The van der Waals surface area contributed by atoms with Crippen LogP contribution >= 0.6 is 0 Å². The Balaban J connectivity index is 0.00000324. The molecule has 0 aromatic heterocycles. The van der Waals surface area contributed by atoms with Gasteiger partial charge in [0.15, 0.2) is 0 Å². The lowest BCUT2D eigenvalue weighted by Crippen LogP contribution is -2.37. The molecule has 0 radical (unpaired) electrons. The smallest absolute Gasteiger partial charge is 0.220 e. The van der Waals surface area contributed by atoms with Crippen molar-refractivity contribution < 1.29 is 11.0 Å². The van der Waals surface area contributed by atoms with Crippen LogP contribution in [0.15, 0.2) is 0 Å². The van der Waals surface area contributed by atoms with Crippen LogP contribution in [0.25, 0.3) is 0 Å². The Hall–Kier alpha value is -0.610. The monoisotopic (exact) mass is 258 g/mol. The number of rotatable bonds is 7. The van der Waals surface area contributed by atoms with Crippen LogP contribution in [0.4, 0.5) is 0 Å². The predicted molar refractivity (Wildman–Crippen MR) is 75.7 cm³/mol. The molecule has 0 spiro atoms. The summed E-state index contributed by atoms with van der Waals surface area (Å²) >= 11 is 0. The van der Waals surface area contributed by atoms with Crippen molar-refractivity contribution in [2.24, 2.45) is 5.92 Å². The highest BCUT2D eigenvalue weighted by molar-refractivity contribution is 5.76. The Kier molecular flexibility index (Phi) is 7.28. The molecule has 1 N–H and O–H groups in total. The molecule has 4 nitrogen and oxygen atoms in total. The first-order valence-corrected chi connectivity index (χ1v) is 7.12. The van der Waals surface area contributed by atoms with Gasteiger partial charge >= 0.3 is 0 Å². The number of carbonyl (C=O) groups excluding carboxylic acids is 1. The number of methoxy groups -OCH3 is 1. The third-order valence-corrected chi connectivity index (χ3v) is 3.45. The molecule has 0 atom stereocenters. The fraction of sp³-hybridized carbons (Fsp3) is 0.929. The molecule has 1 amide bonds. The van der Waals surface area contributed by atoms with Gasteiger partial charge in [0.05, 0.1) is 0 Å². The van der Waals surface area contributed by atoms with Crippen LogP contribution in [0.1, 0.15) is 41.0 Å². The van der Waals surface area contributed by atoms with Crippen molar-refractivity contribution >= 4 is 5.91 Å². The summed E-state index contributed by atoms with van der Waals surface area (Å²) in [6.45, 7) is 8.24. The lowest BCUT2D eigenvalue weighted by atomic mass is 9.93. The first-order chi connectivity index (χ1) is 8.61. The highest BCUT2D eigenvalue weighted by atomic mass is 16.5. The first-order valence-electron chi connectivity index (χ1n) is 7.12. The zero-order valence-electron chi connectivity index (χ0n) is 12.1. The molecule has 1 rings (SSSR count). The van der Waals surface area contributed by atoms with Crippen LogP contribution in [-0.2, 0) is 9.53 Å². The van der Waals surface area contributed by atoms with E-state index in [1.165, 1.54) is 0 Å². The van der Waals surface area contributed by atoms with Crippen molar-refractivity contribution in [1.29, 1.82) is 0 Å². The van der Waals surface area contributed by atoms with Crippen molar-refractivity contribution in [3.05, 3.63) is 0 Å². The minimum Gasteiger partial charge on any atom is -0.385 e. The first kappa shape index (κ1) is 15.4. The zero-order chi connectivity index (χ0) is 13.4. The van der Waals surface area contributed by atoms with Crippen molar-refractivity contribution in [2.75, 3.05) is 33.4 Å². The summed E-state index contributed by atoms with van der Waals surface area (Å²) in [5.41, 5.74) is 0. The molecule has 18 heavy (non-hydrogen) atoms. The Bertz CT molecular complexity index is 242. The van der Waals surface area contributed by atoms with Crippen LogP contribution in [-0.4, -0.2) is 50.2 Å². The second-order valence-corrected chi connectivity index (χ2v) is 5.56. The van der Waals surface area contributed by atoms with Crippen molar-refractivity contribution in [1.82, 2.24) is 10.2 Å². The second-order valence-electron chi connectivity index (χ2n) is 5.56. The molecule has 0 aliphatic carbocycles. The van der Waals surface area contributed by atoms with Crippen LogP contribution < -0.4 is 5.32 Å². The fourth-order valence-corrected chi connectivity index (χ4v) is 2.49. The number of ether oxygens (including phenoxy) is 1. The Morgan fingerprint density at radius 3 is 2.67 bits per heavy atom. The summed E-state index contributed by atoms with van der Waals surface area (Å²) in [6, 6.07) is 0.256. The van der Waals surface area contributed by atoms with E-state index in [4.69, 9.17) is 4.74 Å². The number of amides is 1. The average Bonchev–Trinajstić information content (AvgIpc) is 2.30. The van der Waals surface area contributed by atoms with Gasteiger partial charge in [0.2, 0.25) is 5.91 Å². The maximum absolute atomic E-state index is 11.7. The topological polar surface area (TPSA) is 41.6 Å². The quantitative estimate of drug-likeness (QED) is 0.709. The lowest BCUT2D eigenvalue weighted by molar-refractivity contribution is -0.122. The number of nitrogens with zero attached hydrogens (tertiary/aromatic N) is 1. The minimum atomic E-state index is 0. The third kappa shape index (κ3) is 6.36. The van der Waals surface area contributed by atoms with Gasteiger partial charge in [-0.1, -0.05) is 0 Å².